The highest BCUT2D eigenvalue weighted by Crippen LogP contribution is 2.57. The fourth-order valence-corrected chi connectivity index (χ4v) is 5.67. The van der Waals surface area contributed by atoms with Gasteiger partial charge in [-0.1, -0.05) is 41.4 Å². The lowest BCUT2D eigenvalue weighted by atomic mass is 9.59. The number of hydrogen-bond acceptors (Lipinski definition) is 3. The summed E-state index contributed by atoms with van der Waals surface area (Å²) in [6.45, 7) is 0.608. The Bertz CT molecular complexity index is 1220. The molecular weight excluding hydrogens is 450 g/mol. The molecule has 0 saturated carbocycles. The van der Waals surface area contributed by atoms with Crippen LogP contribution in [0.25, 0.3) is 0 Å². The molecule has 0 aliphatic carbocycles. The molecular formula is C25H21Cl2FN2O2. The van der Waals surface area contributed by atoms with E-state index >= 15 is 4.39 Å². The van der Waals surface area contributed by atoms with Crippen molar-refractivity contribution in [3.8, 4) is 5.75 Å². The predicted octanol–water partition coefficient (Wildman–Crippen LogP) is 5.85. The molecule has 0 unspecified atom stereocenters. The average Bonchev–Trinajstić information content (AvgIpc) is 3.05. The molecule has 7 heteroatoms. The van der Waals surface area contributed by atoms with Crippen molar-refractivity contribution in [1.82, 2.24) is 5.32 Å². The zero-order valence-electron chi connectivity index (χ0n) is 17.3. The fourth-order valence-electron chi connectivity index (χ4n) is 5.30. The van der Waals surface area contributed by atoms with Crippen LogP contribution in [0.2, 0.25) is 10.0 Å². The second-order valence-corrected chi connectivity index (χ2v) is 9.06. The van der Waals surface area contributed by atoms with Crippen molar-refractivity contribution in [2.45, 2.75) is 23.8 Å². The minimum Gasteiger partial charge on any atom is -0.497 e. The molecule has 4 nitrogen and oxygen atoms in total. The van der Waals surface area contributed by atoms with Gasteiger partial charge in [-0.3, -0.25) is 4.79 Å². The molecule has 1 amide bonds. The predicted molar refractivity (Wildman–Crippen MR) is 124 cm³/mol. The van der Waals surface area contributed by atoms with Gasteiger partial charge in [0, 0.05) is 27.2 Å². The number of nitrogens with one attached hydrogen (secondary N) is 2. The summed E-state index contributed by atoms with van der Waals surface area (Å²) in [6, 6.07) is 16.9. The number of ether oxygens (including phenoxy) is 1. The summed E-state index contributed by atoms with van der Waals surface area (Å²) >= 11 is 12.6. The Morgan fingerprint density at radius 3 is 2.66 bits per heavy atom. The van der Waals surface area contributed by atoms with Crippen LogP contribution in [-0.4, -0.2) is 19.6 Å². The number of rotatable bonds is 3. The standard InChI is InChI=1S/C25H21Cl2FN2O2/c1-32-17-6-8-21(28)18(13-17)23-25(20-7-5-16(27)12-22(20)30-24(25)31)19(9-10-29-23)14-3-2-4-15(26)11-14/h2-8,11-13,19,23,29H,9-10H2,1H3,(H,30,31)/t19-,23+,25+/m0/s1. The largest absolute Gasteiger partial charge is 0.497 e. The second kappa shape index (κ2) is 8.07. The SMILES string of the molecule is COc1ccc(F)c([C@H]2NCC[C@@H](c3cccc(Cl)c3)[C@]23C(=O)Nc2cc(Cl)ccc23)c1. The molecule has 3 aromatic carbocycles. The molecule has 1 fully saturated rings. The fraction of sp³-hybridized carbons (Fsp3) is 0.240. The van der Waals surface area contributed by atoms with E-state index in [0.29, 0.717) is 40.0 Å². The van der Waals surface area contributed by atoms with Crippen LogP contribution in [0.4, 0.5) is 10.1 Å². The van der Waals surface area contributed by atoms with E-state index in [0.717, 1.165) is 11.1 Å². The summed E-state index contributed by atoms with van der Waals surface area (Å²) < 4.78 is 20.6. The van der Waals surface area contributed by atoms with Gasteiger partial charge in [-0.15, -0.1) is 0 Å². The summed E-state index contributed by atoms with van der Waals surface area (Å²) in [7, 11) is 1.54. The Labute approximate surface area is 195 Å². The zero-order chi connectivity index (χ0) is 22.5. The van der Waals surface area contributed by atoms with Gasteiger partial charge >= 0.3 is 0 Å². The van der Waals surface area contributed by atoms with Crippen LogP contribution in [0, 0.1) is 5.82 Å². The number of benzene rings is 3. The third-order valence-electron chi connectivity index (χ3n) is 6.60. The highest BCUT2D eigenvalue weighted by atomic mass is 35.5. The molecule has 2 heterocycles. The lowest BCUT2D eigenvalue weighted by molar-refractivity contribution is -0.123. The Kier molecular flexibility index (Phi) is 5.36. The lowest BCUT2D eigenvalue weighted by Crippen LogP contribution is -2.55. The molecule has 0 aromatic heterocycles. The number of methoxy groups -OCH3 is 1. The molecule has 1 saturated heterocycles. The molecule has 3 aromatic rings. The number of amides is 1. The van der Waals surface area contributed by atoms with Crippen molar-refractivity contribution in [1.29, 1.82) is 0 Å². The van der Waals surface area contributed by atoms with Gasteiger partial charge in [0.1, 0.15) is 17.0 Å². The summed E-state index contributed by atoms with van der Waals surface area (Å²) in [5, 5.41) is 7.56. The van der Waals surface area contributed by atoms with E-state index < -0.39 is 17.3 Å². The van der Waals surface area contributed by atoms with Gasteiger partial charge in [0.15, 0.2) is 0 Å². The molecule has 3 atom stereocenters. The molecule has 5 rings (SSSR count). The molecule has 0 bridgehead atoms. The van der Waals surface area contributed by atoms with Crippen molar-refractivity contribution in [3.05, 3.63) is 93.2 Å². The van der Waals surface area contributed by atoms with Gasteiger partial charge < -0.3 is 15.4 Å². The second-order valence-electron chi connectivity index (χ2n) is 8.18. The van der Waals surface area contributed by atoms with Crippen LogP contribution < -0.4 is 15.4 Å². The van der Waals surface area contributed by atoms with Crippen molar-refractivity contribution in [2.24, 2.45) is 0 Å². The Morgan fingerprint density at radius 2 is 1.88 bits per heavy atom. The molecule has 2 N–H and O–H groups in total. The minimum absolute atomic E-state index is 0.195. The Hall–Kier alpha value is -2.60. The third kappa shape index (κ3) is 3.19. The van der Waals surface area contributed by atoms with E-state index in [1.54, 1.807) is 30.3 Å². The maximum absolute atomic E-state index is 15.2. The number of piperidine rings is 1. The molecule has 0 radical (unpaired) electrons. The zero-order valence-corrected chi connectivity index (χ0v) is 18.8. The van der Waals surface area contributed by atoms with Crippen LogP contribution in [0.5, 0.6) is 5.75 Å². The van der Waals surface area contributed by atoms with Crippen molar-refractivity contribution in [3.63, 3.8) is 0 Å². The third-order valence-corrected chi connectivity index (χ3v) is 7.07. The summed E-state index contributed by atoms with van der Waals surface area (Å²) in [6.07, 6.45) is 0.678. The quantitative estimate of drug-likeness (QED) is 0.504. The number of hydrogen-bond donors (Lipinski definition) is 2. The summed E-state index contributed by atoms with van der Waals surface area (Å²) in [4.78, 5) is 13.9. The smallest absolute Gasteiger partial charge is 0.237 e. The van der Waals surface area contributed by atoms with Gasteiger partial charge in [0.25, 0.3) is 0 Å². The average molecular weight is 471 g/mol. The van der Waals surface area contributed by atoms with Gasteiger partial charge in [0.2, 0.25) is 5.91 Å². The van der Waals surface area contributed by atoms with E-state index in [-0.39, 0.29) is 11.8 Å². The topological polar surface area (TPSA) is 50.4 Å². The molecule has 32 heavy (non-hydrogen) atoms. The molecule has 2 aliphatic heterocycles. The van der Waals surface area contributed by atoms with Crippen molar-refractivity contribution >= 4 is 34.8 Å². The number of carbonyl (C=O) groups is 1. The number of anilines is 1. The first kappa shape index (κ1) is 21.3. The van der Waals surface area contributed by atoms with E-state index in [2.05, 4.69) is 10.6 Å². The van der Waals surface area contributed by atoms with Gasteiger partial charge in [0.05, 0.1) is 13.2 Å². The maximum Gasteiger partial charge on any atom is 0.237 e. The number of halogens is 3. The highest BCUT2D eigenvalue weighted by Gasteiger charge is 2.60. The number of carbonyl (C=O) groups excluding carboxylic acids is 1. The van der Waals surface area contributed by atoms with Crippen LogP contribution in [0.1, 0.15) is 35.1 Å². The van der Waals surface area contributed by atoms with E-state index in [4.69, 9.17) is 27.9 Å². The van der Waals surface area contributed by atoms with Crippen molar-refractivity contribution < 1.29 is 13.9 Å². The van der Waals surface area contributed by atoms with Crippen LogP contribution in [0.3, 0.4) is 0 Å². The van der Waals surface area contributed by atoms with E-state index in [1.807, 2.05) is 24.3 Å². The number of fused-ring (bicyclic) bond motifs is 2. The molecule has 1 spiro atoms. The molecule has 2 aliphatic rings. The van der Waals surface area contributed by atoms with Gasteiger partial charge in [-0.25, -0.2) is 4.39 Å². The molecule has 164 valence electrons. The summed E-state index contributed by atoms with van der Waals surface area (Å²) in [5.41, 5.74) is 1.65. The first-order chi connectivity index (χ1) is 15.4. The maximum atomic E-state index is 15.2. The van der Waals surface area contributed by atoms with Gasteiger partial charge in [-0.05, 0) is 66.6 Å². The Morgan fingerprint density at radius 1 is 1.06 bits per heavy atom. The first-order valence-electron chi connectivity index (χ1n) is 10.4. The summed E-state index contributed by atoms with van der Waals surface area (Å²) in [5.74, 6) is -0.303. The van der Waals surface area contributed by atoms with Crippen molar-refractivity contribution in [2.75, 3.05) is 19.0 Å². The first-order valence-corrected chi connectivity index (χ1v) is 11.1. The van der Waals surface area contributed by atoms with E-state index in [1.165, 1.54) is 13.2 Å². The van der Waals surface area contributed by atoms with E-state index in [9.17, 15) is 4.79 Å². The monoisotopic (exact) mass is 470 g/mol. The highest BCUT2D eigenvalue weighted by molar-refractivity contribution is 6.31. The van der Waals surface area contributed by atoms with Gasteiger partial charge in [-0.2, -0.15) is 0 Å². The Balaban J connectivity index is 1.79. The van der Waals surface area contributed by atoms with Crippen LogP contribution in [-0.2, 0) is 10.2 Å². The van der Waals surface area contributed by atoms with Crippen LogP contribution in [0.15, 0.2) is 60.7 Å². The lowest BCUT2D eigenvalue weighted by Gasteiger charge is -2.47. The van der Waals surface area contributed by atoms with Crippen LogP contribution >= 0.6 is 23.2 Å². The normalized spacial score (nSPS) is 24.3. The minimum atomic E-state index is -1.10.